The van der Waals surface area contributed by atoms with Crippen molar-refractivity contribution in [2.24, 2.45) is 0 Å². The highest BCUT2D eigenvalue weighted by Gasteiger charge is 2.26. The van der Waals surface area contributed by atoms with Crippen LogP contribution in [0.5, 0.6) is 0 Å². The molecule has 0 amide bonds. The number of benzene rings is 10. The highest BCUT2D eigenvalue weighted by Crippen LogP contribution is 2.49. The number of halogens is 4. The SMILES string of the molecule is Cc1ccc(-c2cc(N(c3ccccc3)c3ccc4ccc5c(N(c6ccccc6)c6cc(-c7ccc(C)cc7)c(F)cc6F)ccc6ccc3c4c65)c(F)cc2F)cc1. The number of anilines is 6. The summed E-state index contributed by atoms with van der Waals surface area (Å²) in [6.45, 7) is 3.93. The maximum atomic E-state index is 16.4. The van der Waals surface area contributed by atoms with Gasteiger partial charge in [0.05, 0.1) is 22.7 Å². The standard InChI is InChI=1S/C54H36F4N2/c1-33-13-17-35(18-14-33)43-29-51(47(57)31-45(43)55)59(39-9-5-3-6-10-39)49-27-23-37-22-26-42-50(28-24-38-21-25-41(49)53(37)54(38)42)60(40-11-7-4-8-12-40)52-30-44(46(56)32-48(52)58)36-19-15-34(2)16-20-36/h3-32H,1-2H3. The summed E-state index contributed by atoms with van der Waals surface area (Å²) in [6, 6.07) is 55.2. The largest absolute Gasteiger partial charge is 0.307 e. The quantitative estimate of drug-likeness (QED) is 0.112. The molecule has 0 atom stereocenters. The lowest BCUT2D eigenvalue weighted by Gasteiger charge is -2.30. The van der Waals surface area contributed by atoms with E-state index in [1.165, 1.54) is 0 Å². The molecular formula is C54H36F4N2. The van der Waals surface area contributed by atoms with Gasteiger partial charge in [-0.25, -0.2) is 17.6 Å². The van der Waals surface area contributed by atoms with E-state index in [1.54, 1.807) is 12.1 Å². The third kappa shape index (κ3) is 6.29. The fourth-order valence-electron chi connectivity index (χ4n) is 8.46. The minimum atomic E-state index is -0.704. The van der Waals surface area contributed by atoms with E-state index < -0.39 is 23.3 Å². The van der Waals surface area contributed by atoms with Crippen molar-refractivity contribution >= 4 is 66.4 Å². The van der Waals surface area contributed by atoms with Crippen LogP contribution in [0.15, 0.2) is 182 Å². The Morgan fingerprint density at radius 3 is 1.08 bits per heavy atom. The number of aryl methyl sites for hydroxylation is 2. The van der Waals surface area contributed by atoms with Gasteiger partial charge < -0.3 is 9.80 Å². The summed E-state index contributed by atoms with van der Waals surface area (Å²) in [4.78, 5) is 3.69. The zero-order chi connectivity index (χ0) is 41.1. The number of hydrogen-bond donors (Lipinski definition) is 0. The second-order valence-electron chi connectivity index (χ2n) is 15.2. The van der Waals surface area contributed by atoms with Crippen molar-refractivity contribution in [3.05, 3.63) is 216 Å². The zero-order valence-electron chi connectivity index (χ0n) is 32.7. The molecule has 10 aromatic carbocycles. The van der Waals surface area contributed by atoms with Gasteiger partial charge >= 0.3 is 0 Å². The van der Waals surface area contributed by atoms with E-state index in [2.05, 4.69) is 0 Å². The summed E-state index contributed by atoms with van der Waals surface area (Å²) < 4.78 is 64.0. The number of nitrogens with zero attached hydrogens (tertiary/aromatic N) is 2. The van der Waals surface area contributed by atoms with E-state index in [9.17, 15) is 0 Å². The molecule has 0 spiro atoms. The van der Waals surface area contributed by atoms with Gasteiger partial charge in [-0.2, -0.15) is 0 Å². The molecule has 0 aliphatic rings. The van der Waals surface area contributed by atoms with Crippen LogP contribution >= 0.6 is 0 Å². The predicted octanol–water partition coefficient (Wildman–Crippen LogP) is 16.0. The monoisotopic (exact) mass is 788 g/mol. The Hall–Kier alpha value is -7.44. The third-order valence-corrected chi connectivity index (χ3v) is 11.4. The highest BCUT2D eigenvalue weighted by atomic mass is 19.1. The predicted molar refractivity (Wildman–Crippen MR) is 240 cm³/mol. The molecule has 0 aliphatic carbocycles. The molecule has 10 rings (SSSR count). The maximum Gasteiger partial charge on any atom is 0.150 e. The van der Waals surface area contributed by atoms with Crippen LogP contribution in [0.1, 0.15) is 11.1 Å². The van der Waals surface area contributed by atoms with Crippen LogP contribution in [0.3, 0.4) is 0 Å². The van der Waals surface area contributed by atoms with E-state index in [1.807, 2.05) is 181 Å². The summed E-state index contributed by atoms with van der Waals surface area (Å²) in [7, 11) is 0. The van der Waals surface area contributed by atoms with E-state index in [4.69, 9.17) is 0 Å². The molecule has 0 unspecified atom stereocenters. The van der Waals surface area contributed by atoms with Crippen molar-refractivity contribution in [3.63, 3.8) is 0 Å². The van der Waals surface area contributed by atoms with Crippen LogP contribution in [0, 0.1) is 37.1 Å². The molecule has 0 radical (unpaired) electrons. The average Bonchev–Trinajstić information content (AvgIpc) is 3.26. The van der Waals surface area contributed by atoms with Crippen LogP contribution in [-0.2, 0) is 0 Å². The Balaban J connectivity index is 1.21. The molecule has 2 nitrogen and oxygen atoms in total. The Morgan fingerprint density at radius 2 is 0.700 bits per heavy atom. The lowest BCUT2D eigenvalue weighted by molar-refractivity contribution is 0.586. The molecule has 0 saturated heterocycles. The molecular weight excluding hydrogens is 753 g/mol. The lowest BCUT2D eigenvalue weighted by atomic mass is 9.91. The molecule has 0 bridgehead atoms. The van der Waals surface area contributed by atoms with Crippen molar-refractivity contribution in [1.29, 1.82) is 0 Å². The summed E-state index contributed by atoms with van der Waals surface area (Å²) >= 11 is 0. The van der Waals surface area contributed by atoms with Crippen LogP contribution in [0.25, 0.3) is 54.6 Å². The first-order valence-electron chi connectivity index (χ1n) is 19.8. The molecule has 0 aliphatic heterocycles. The first-order chi connectivity index (χ1) is 29.2. The second-order valence-corrected chi connectivity index (χ2v) is 15.2. The fraction of sp³-hybridized carbons (Fsp3) is 0.0370. The van der Waals surface area contributed by atoms with Crippen LogP contribution in [-0.4, -0.2) is 0 Å². The lowest BCUT2D eigenvalue weighted by Crippen LogP contribution is -2.13. The minimum Gasteiger partial charge on any atom is -0.307 e. The van der Waals surface area contributed by atoms with Gasteiger partial charge in [-0.3, -0.25) is 0 Å². The molecule has 6 heteroatoms. The third-order valence-electron chi connectivity index (χ3n) is 11.4. The molecule has 0 N–H and O–H groups in total. The Kier molecular flexibility index (Phi) is 9.06. The van der Waals surface area contributed by atoms with Crippen molar-refractivity contribution in [1.82, 2.24) is 0 Å². The van der Waals surface area contributed by atoms with Gasteiger partial charge in [0.15, 0.2) is 0 Å². The van der Waals surface area contributed by atoms with Crippen molar-refractivity contribution in [2.75, 3.05) is 9.80 Å². The van der Waals surface area contributed by atoms with Crippen molar-refractivity contribution in [2.45, 2.75) is 13.8 Å². The minimum absolute atomic E-state index is 0.195. The summed E-state index contributed by atoms with van der Waals surface area (Å²) in [6.07, 6.45) is 0. The number of rotatable bonds is 8. The van der Waals surface area contributed by atoms with Crippen LogP contribution in [0.4, 0.5) is 51.7 Å². The van der Waals surface area contributed by atoms with Crippen LogP contribution < -0.4 is 9.80 Å². The van der Waals surface area contributed by atoms with E-state index >= 15 is 17.6 Å². The first-order valence-corrected chi connectivity index (χ1v) is 19.8. The molecule has 0 heterocycles. The van der Waals surface area contributed by atoms with Gasteiger partial charge in [0.1, 0.15) is 23.3 Å². The fourth-order valence-corrected chi connectivity index (χ4v) is 8.46. The van der Waals surface area contributed by atoms with Gasteiger partial charge in [0, 0.05) is 45.4 Å². The van der Waals surface area contributed by atoms with Gasteiger partial charge in [-0.1, -0.05) is 132 Å². The van der Waals surface area contributed by atoms with Gasteiger partial charge in [0.25, 0.3) is 0 Å². The highest BCUT2D eigenvalue weighted by molar-refractivity contribution is 6.28. The topological polar surface area (TPSA) is 6.48 Å². The molecule has 290 valence electrons. The second kappa shape index (κ2) is 14.7. The maximum absolute atomic E-state index is 16.4. The zero-order valence-corrected chi connectivity index (χ0v) is 32.7. The van der Waals surface area contributed by atoms with Gasteiger partial charge in [-0.05, 0) is 95.1 Å². The van der Waals surface area contributed by atoms with Gasteiger partial charge in [-0.15, -0.1) is 0 Å². The normalized spacial score (nSPS) is 11.5. The Labute approximate surface area is 345 Å². The Morgan fingerprint density at radius 1 is 0.333 bits per heavy atom. The average molecular weight is 789 g/mol. The van der Waals surface area contributed by atoms with E-state index in [0.717, 1.165) is 55.6 Å². The number of para-hydroxylation sites is 2. The summed E-state index contributed by atoms with van der Waals surface area (Å²) in [5.41, 5.74) is 7.09. The van der Waals surface area contributed by atoms with Gasteiger partial charge in [0.2, 0.25) is 0 Å². The smallest absolute Gasteiger partial charge is 0.150 e. The summed E-state index contributed by atoms with van der Waals surface area (Å²) in [5.74, 6) is -2.71. The van der Waals surface area contributed by atoms with Crippen LogP contribution in [0.2, 0.25) is 0 Å². The van der Waals surface area contributed by atoms with E-state index in [0.29, 0.717) is 33.9 Å². The van der Waals surface area contributed by atoms with Crippen molar-refractivity contribution < 1.29 is 17.6 Å². The molecule has 0 aromatic heterocycles. The molecule has 0 fully saturated rings. The first kappa shape index (κ1) is 36.9. The summed E-state index contributed by atoms with van der Waals surface area (Å²) in [5, 5.41) is 5.45. The molecule has 10 aromatic rings. The van der Waals surface area contributed by atoms with E-state index in [-0.39, 0.29) is 22.5 Å². The molecule has 60 heavy (non-hydrogen) atoms. The molecule has 0 saturated carbocycles. The number of hydrogen-bond acceptors (Lipinski definition) is 2. The Bertz CT molecular complexity index is 2980. The van der Waals surface area contributed by atoms with Crippen molar-refractivity contribution in [3.8, 4) is 22.3 Å².